The zero-order chi connectivity index (χ0) is 28.2. The number of nitrogen functional groups attached to an aromatic ring is 1. The molecule has 9 nitrogen and oxygen atoms in total. The van der Waals surface area contributed by atoms with Crippen LogP contribution >= 0.6 is 0 Å². The molecule has 214 valence electrons. The zero-order valence-electron chi connectivity index (χ0n) is 23.6. The summed E-state index contributed by atoms with van der Waals surface area (Å²) in [6, 6.07) is 10.4. The largest absolute Gasteiger partial charge is 0.466 e. The van der Waals surface area contributed by atoms with E-state index in [9.17, 15) is 9.59 Å². The number of esters is 1. The van der Waals surface area contributed by atoms with Gasteiger partial charge in [-0.25, -0.2) is 10.6 Å². The lowest BCUT2D eigenvalue weighted by molar-refractivity contribution is -0.143. The Bertz CT molecular complexity index is 1270. The normalized spacial score (nSPS) is 22.4. The van der Waals surface area contributed by atoms with Gasteiger partial charge in [-0.3, -0.25) is 4.79 Å². The maximum atomic E-state index is 13.5. The molecule has 4 N–H and O–H groups in total. The third-order valence-corrected chi connectivity index (χ3v) is 8.42. The first kappa shape index (κ1) is 28.0. The number of carbonyl (C=O) groups excluding carboxylic acids is 2. The van der Waals surface area contributed by atoms with Gasteiger partial charge >= 0.3 is 12.0 Å². The highest BCUT2D eigenvalue weighted by Crippen LogP contribution is 2.38. The van der Waals surface area contributed by atoms with Gasteiger partial charge in [0, 0.05) is 32.1 Å². The number of piperidine rings is 1. The topological polar surface area (TPSA) is 114 Å². The van der Waals surface area contributed by atoms with E-state index in [0.717, 1.165) is 47.2 Å². The summed E-state index contributed by atoms with van der Waals surface area (Å²) >= 11 is 0. The van der Waals surface area contributed by atoms with Gasteiger partial charge in [0.2, 0.25) is 0 Å². The van der Waals surface area contributed by atoms with Crippen LogP contribution in [0.4, 0.5) is 16.2 Å². The molecule has 0 aliphatic carbocycles. The molecule has 1 atom stereocenters. The summed E-state index contributed by atoms with van der Waals surface area (Å²) in [5, 5.41) is 1.63. The second-order valence-corrected chi connectivity index (χ2v) is 10.9. The van der Waals surface area contributed by atoms with Crippen LogP contribution in [-0.4, -0.2) is 67.3 Å². The van der Waals surface area contributed by atoms with Crippen LogP contribution in [0.3, 0.4) is 0 Å². The smallest absolute Gasteiger partial charge is 0.320 e. The van der Waals surface area contributed by atoms with Crippen molar-refractivity contribution in [1.29, 1.82) is 0 Å². The molecule has 8 rings (SSSR count). The average molecular weight is 548 g/mol. The summed E-state index contributed by atoms with van der Waals surface area (Å²) in [7, 11) is 0. The lowest BCUT2D eigenvalue weighted by Crippen LogP contribution is -2.49. The zero-order valence-corrected chi connectivity index (χ0v) is 23.6. The van der Waals surface area contributed by atoms with Gasteiger partial charge in [0.15, 0.2) is 0 Å². The lowest BCUT2D eigenvalue weighted by atomic mass is 9.83. The molecule has 0 radical (unpaired) electrons. The Hall–Kier alpha value is -3.56. The Morgan fingerprint density at radius 2 is 1.88 bits per heavy atom. The highest BCUT2D eigenvalue weighted by molar-refractivity contribution is 5.76. The lowest BCUT2D eigenvalue weighted by Gasteiger charge is -2.37. The van der Waals surface area contributed by atoms with Crippen LogP contribution in [-0.2, 0) is 27.2 Å². The highest BCUT2D eigenvalue weighted by Gasteiger charge is 2.30. The molecule has 7 bridgehead atoms. The Morgan fingerprint density at radius 1 is 1.07 bits per heavy atom. The number of urea groups is 1. The number of nitrogens with two attached hydrogens (primary N) is 2. The van der Waals surface area contributed by atoms with Gasteiger partial charge in [-0.1, -0.05) is 36.4 Å². The van der Waals surface area contributed by atoms with E-state index in [0.29, 0.717) is 51.6 Å². The van der Waals surface area contributed by atoms with E-state index in [2.05, 4.69) is 18.2 Å². The predicted molar refractivity (Wildman–Crippen MR) is 156 cm³/mol. The minimum atomic E-state index is -0.259. The summed E-state index contributed by atoms with van der Waals surface area (Å²) in [5.41, 5.74) is 13.2. The Kier molecular flexibility index (Phi) is 8.61. The molecule has 2 aromatic rings. The maximum absolute atomic E-state index is 13.5. The van der Waals surface area contributed by atoms with Gasteiger partial charge in [-0.2, -0.15) is 0 Å². The molecule has 9 heteroatoms. The molecule has 2 amide bonds. The molecule has 6 heterocycles. The van der Waals surface area contributed by atoms with Crippen molar-refractivity contribution in [3.63, 3.8) is 0 Å². The van der Waals surface area contributed by atoms with Gasteiger partial charge in [0.1, 0.15) is 0 Å². The summed E-state index contributed by atoms with van der Waals surface area (Å²) in [6.07, 6.45) is 6.75. The number of hydrazine groups is 1. The van der Waals surface area contributed by atoms with E-state index in [-0.39, 0.29) is 30.4 Å². The van der Waals surface area contributed by atoms with Crippen LogP contribution < -0.4 is 16.6 Å². The van der Waals surface area contributed by atoms with E-state index in [1.807, 2.05) is 47.9 Å². The number of benzene rings is 2. The number of rotatable bonds is 3. The molecule has 1 unspecified atom stereocenters. The number of hydrogen-bond donors (Lipinski definition) is 2. The summed E-state index contributed by atoms with van der Waals surface area (Å²) in [4.78, 5) is 30.1. The third-order valence-electron chi connectivity index (χ3n) is 8.42. The SMILES string of the molecule is CCOC(=O)CC1c2ccc3c(c2)CN(CC3)C(=O)N2CCC(CC2)OC/C=C\CN(N)c2ccc1c(C)c2N. The molecule has 1 saturated heterocycles. The van der Waals surface area contributed by atoms with E-state index in [4.69, 9.17) is 21.1 Å². The number of nitrogens with zero attached hydrogens (tertiary/aromatic N) is 3. The van der Waals surface area contributed by atoms with Crippen molar-refractivity contribution in [2.45, 2.75) is 58.1 Å². The monoisotopic (exact) mass is 547 g/mol. The van der Waals surface area contributed by atoms with Crippen molar-refractivity contribution in [3.05, 3.63) is 70.3 Å². The first-order valence-corrected chi connectivity index (χ1v) is 14.3. The van der Waals surface area contributed by atoms with E-state index >= 15 is 0 Å². The Balaban J connectivity index is 1.54. The fraction of sp³-hybridized carbons (Fsp3) is 0.484. The highest BCUT2D eigenvalue weighted by atomic mass is 16.5. The van der Waals surface area contributed by atoms with Crippen LogP contribution in [0.5, 0.6) is 0 Å². The molecule has 40 heavy (non-hydrogen) atoms. The predicted octanol–water partition coefficient (Wildman–Crippen LogP) is 3.87. The number of ether oxygens (including phenoxy) is 2. The standard InChI is InChI=1S/C31H41N5O4/c1-3-39-29(37)19-27-23-7-6-22-10-14-35(20-24(22)18-23)31(38)34-15-11-25(12-16-34)40-17-5-4-13-36(33)28-9-8-26(27)21(2)30(28)32/h4-9,18,25,27H,3,10-17,19-20,32-33H2,1-2H3/b5-4-. The van der Waals surface area contributed by atoms with Crippen LogP contribution in [0.1, 0.15) is 59.9 Å². The second-order valence-electron chi connectivity index (χ2n) is 10.9. The summed E-state index contributed by atoms with van der Waals surface area (Å²) in [6.45, 7) is 7.74. The molecular formula is C31H41N5O4. The van der Waals surface area contributed by atoms with E-state index < -0.39 is 0 Å². The molecule has 6 aliphatic heterocycles. The van der Waals surface area contributed by atoms with Gasteiger partial charge < -0.3 is 30.0 Å². The van der Waals surface area contributed by atoms with E-state index in [1.165, 1.54) is 5.56 Å². The van der Waals surface area contributed by atoms with Crippen molar-refractivity contribution >= 4 is 23.4 Å². The molecule has 0 spiro atoms. The summed E-state index contributed by atoms with van der Waals surface area (Å²) < 4.78 is 11.4. The third kappa shape index (κ3) is 5.95. The van der Waals surface area contributed by atoms with Gasteiger partial charge in [0.25, 0.3) is 0 Å². The first-order valence-electron chi connectivity index (χ1n) is 14.3. The van der Waals surface area contributed by atoms with Crippen LogP contribution in [0.2, 0.25) is 0 Å². The molecule has 0 saturated carbocycles. The quantitative estimate of drug-likeness (QED) is 0.259. The Labute approximate surface area is 236 Å². The maximum Gasteiger partial charge on any atom is 0.320 e. The number of hydrogen-bond acceptors (Lipinski definition) is 7. The second kappa shape index (κ2) is 12.3. The van der Waals surface area contributed by atoms with Gasteiger partial charge in [-0.15, -0.1) is 0 Å². The van der Waals surface area contributed by atoms with Crippen molar-refractivity contribution < 1.29 is 19.1 Å². The molecule has 6 aliphatic rings. The first-order chi connectivity index (χ1) is 19.4. The van der Waals surface area contributed by atoms with Crippen molar-refractivity contribution in [3.8, 4) is 0 Å². The minimum absolute atomic E-state index is 0.0885. The van der Waals surface area contributed by atoms with E-state index in [1.54, 1.807) is 5.01 Å². The number of carbonyl (C=O) groups is 2. The van der Waals surface area contributed by atoms with Crippen molar-refractivity contribution in [2.75, 3.05) is 50.1 Å². The average Bonchev–Trinajstić information content (AvgIpc) is 2.96. The minimum Gasteiger partial charge on any atom is -0.466 e. The fourth-order valence-electron chi connectivity index (χ4n) is 6.07. The van der Waals surface area contributed by atoms with Gasteiger partial charge in [0.05, 0.1) is 43.7 Å². The van der Waals surface area contributed by atoms with Crippen molar-refractivity contribution in [1.82, 2.24) is 9.80 Å². The van der Waals surface area contributed by atoms with Crippen LogP contribution in [0.25, 0.3) is 0 Å². The fourth-order valence-corrected chi connectivity index (χ4v) is 6.07. The molecule has 1 fully saturated rings. The van der Waals surface area contributed by atoms with Crippen LogP contribution in [0, 0.1) is 6.92 Å². The van der Waals surface area contributed by atoms with Gasteiger partial charge in [-0.05, 0) is 67.0 Å². The van der Waals surface area contributed by atoms with Crippen LogP contribution in [0.15, 0.2) is 42.5 Å². The van der Waals surface area contributed by atoms with Crippen molar-refractivity contribution in [2.24, 2.45) is 5.84 Å². The molecular weight excluding hydrogens is 506 g/mol. The molecule has 2 aromatic carbocycles. The molecule has 0 aromatic heterocycles. The number of amides is 2. The number of anilines is 2. The Morgan fingerprint density at radius 3 is 2.65 bits per heavy atom. The summed E-state index contributed by atoms with van der Waals surface area (Å²) in [5.74, 6) is 5.90.